The van der Waals surface area contributed by atoms with Gasteiger partial charge in [0.2, 0.25) is 0 Å². The van der Waals surface area contributed by atoms with E-state index in [0.717, 1.165) is 0 Å². The summed E-state index contributed by atoms with van der Waals surface area (Å²) in [6.07, 6.45) is 0. The van der Waals surface area contributed by atoms with Crippen molar-refractivity contribution in [1.82, 2.24) is 0 Å². The maximum absolute atomic E-state index is 2.29. The van der Waals surface area contributed by atoms with Crippen LogP contribution >= 0.6 is 11.3 Å². The van der Waals surface area contributed by atoms with E-state index in [-0.39, 0.29) is 0 Å². The first-order valence-electron chi connectivity index (χ1n) is 4.54. The molecule has 0 bridgehead atoms. The summed E-state index contributed by atoms with van der Waals surface area (Å²) >= 11 is 1.86. The molecule has 0 saturated carbocycles. The molecule has 3 rings (SSSR count). The van der Waals surface area contributed by atoms with Crippen LogP contribution < -0.4 is 0 Å². The summed E-state index contributed by atoms with van der Waals surface area (Å²) in [7, 11) is 0. The van der Waals surface area contributed by atoms with Crippen LogP contribution in [0.15, 0.2) is 35.7 Å². The molecule has 1 aliphatic rings. The third-order valence-corrected chi connectivity index (χ3v) is 3.80. The fourth-order valence-corrected chi connectivity index (χ4v) is 3.17. The van der Waals surface area contributed by atoms with Gasteiger partial charge in [-0.1, -0.05) is 31.2 Å². The molecule has 13 heavy (non-hydrogen) atoms. The number of fused-ring (bicyclic) bond motifs is 3. The summed E-state index contributed by atoms with van der Waals surface area (Å²) < 4.78 is 0. The monoisotopic (exact) mass is 186 g/mol. The topological polar surface area (TPSA) is 0 Å². The van der Waals surface area contributed by atoms with Gasteiger partial charge in [0.05, 0.1) is 0 Å². The molecule has 0 unspecified atom stereocenters. The first-order chi connectivity index (χ1) is 6.38. The first kappa shape index (κ1) is 7.34. The van der Waals surface area contributed by atoms with Gasteiger partial charge >= 0.3 is 0 Å². The van der Waals surface area contributed by atoms with Gasteiger partial charge in [-0.15, -0.1) is 11.3 Å². The van der Waals surface area contributed by atoms with Gasteiger partial charge in [0.1, 0.15) is 0 Å². The molecule has 0 spiro atoms. The van der Waals surface area contributed by atoms with E-state index in [9.17, 15) is 0 Å². The Morgan fingerprint density at radius 3 is 2.85 bits per heavy atom. The highest BCUT2D eigenvalue weighted by molar-refractivity contribution is 7.13. The summed E-state index contributed by atoms with van der Waals surface area (Å²) in [5.41, 5.74) is 4.44. The minimum Gasteiger partial charge on any atom is -0.144 e. The highest BCUT2D eigenvalue weighted by atomic mass is 32.1. The van der Waals surface area contributed by atoms with Crippen LogP contribution in [0.25, 0.3) is 10.4 Å². The molecule has 1 atom stereocenters. The quantitative estimate of drug-likeness (QED) is 0.585. The van der Waals surface area contributed by atoms with E-state index in [1.807, 2.05) is 11.3 Å². The van der Waals surface area contributed by atoms with Gasteiger partial charge in [0, 0.05) is 10.8 Å². The molecule has 0 aliphatic heterocycles. The Bertz CT molecular complexity index is 454. The number of benzene rings is 1. The molecular formula is C12H10S. The van der Waals surface area contributed by atoms with Crippen molar-refractivity contribution >= 4 is 11.3 Å². The average Bonchev–Trinajstić information content (AvgIpc) is 2.72. The van der Waals surface area contributed by atoms with Gasteiger partial charge < -0.3 is 0 Å². The zero-order valence-corrected chi connectivity index (χ0v) is 8.27. The van der Waals surface area contributed by atoms with E-state index in [0.29, 0.717) is 5.92 Å². The average molecular weight is 186 g/mol. The lowest BCUT2D eigenvalue weighted by molar-refractivity contribution is 0.960. The van der Waals surface area contributed by atoms with Gasteiger partial charge in [0.15, 0.2) is 0 Å². The van der Waals surface area contributed by atoms with Crippen LogP contribution in [0.4, 0.5) is 0 Å². The van der Waals surface area contributed by atoms with Crippen LogP contribution in [-0.4, -0.2) is 0 Å². The molecule has 0 fully saturated rings. The SMILES string of the molecule is C[C@@H]1c2ccccc2-c2sccc21. The lowest BCUT2D eigenvalue weighted by Crippen LogP contribution is -1.87. The molecule has 1 aromatic carbocycles. The Labute approximate surface area is 81.9 Å². The van der Waals surface area contributed by atoms with E-state index in [1.54, 1.807) is 0 Å². The van der Waals surface area contributed by atoms with Crippen molar-refractivity contribution in [2.75, 3.05) is 0 Å². The van der Waals surface area contributed by atoms with Crippen LogP contribution in [0.3, 0.4) is 0 Å². The van der Waals surface area contributed by atoms with Crippen LogP contribution in [0, 0.1) is 0 Å². The van der Waals surface area contributed by atoms with Gasteiger partial charge in [-0.3, -0.25) is 0 Å². The van der Waals surface area contributed by atoms with Gasteiger partial charge in [-0.05, 0) is 28.1 Å². The Morgan fingerprint density at radius 2 is 1.92 bits per heavy atom. The molecule has 1 aliphatic carbocycles. The molecule has 1 heterocycles. The fraction of sp³-hybridized carbons (Fsp3) is 0.167. The zero-order chi connectivity index (χ0) is 8.84. The summed E-state index contributed by atoms with van der Waals surface area (Å²) in [4.78, 5) is 1.48. The zero-order valence-electron chi connectivity index (χ0n) is 7.45. The molecule has 0 amide bonds. The van der Waals surface area contributed by atoms with E-state index in [2.05, 4.69) is 42.6 Å². The van der Waals surface area contributed by atoms with Crippen LogP contribution in [0.2, 0.25) is 0 Å². The Kier molecular flexibility index (Phi) is 1.39. The second-order valence-electron chi connectivity index (χ2n) is 3.51. The first-order valence-corrected chi connectivity index (χ1v) is 5.42. The Balaban J connectivity index is 2.37. The van der Waals surface area contributed by atoms with Crippen molar-refractivity contribution in [2.45, 2.75) is 12.8 Å². The second kappa shape index (κ2) is 2.46. The molecule has 0 nitrogen and oxygen atoms in total. The number of hydrogen-bond acceptors (Lipinski definition) is 1. The molecule has 64 valence electrons. The summed E-state index contributed by atoms with van der Waals surface area (Å²) in [5.74, 6) is 0.595. The highest BCUT2D eigenvalue weighted by Crippen LogP contribution is 2.46. The lowest BCUT2D eigenvalue weighted by atomic mass is 10.0. The molecule has 1 heteroatoms. The molecular weight excluding hydrogens is 176 g/mol. The van der Waals surface area contributed by atoms with Crippen molar-refractivity contribution in [3.05, 3.63) is 46.8 Å². The lowest BCUT2D eigenvalue weighted by Gasteiger charge is -2.03. The Hall–Kier alpha value is -1.08. The normalized spacial score (nSPS) is 18.4. The highest BCUT2D eigenvalue weighted by Gasteiger charge is 2.25. The molecule has 0 saturated heterocycles. The van der Waals surface area contributed by atoms with E-state index in [4.69, 9.17) is 0 Å². The van der Waals surface area contributed by atoms with Crippen LogP contribution in [-0.2, 0) is 0 Å². The molecule has 2 aromatic rings. The minimum absolute atomic E-state index is 0.595. The van der Waals surface area contributed by atoms with Crippen molar-refractivity contribution in [3.63, 3.8) is 0 Å². The number of hydrogen-bond donors (Lipinski definition) is 0. The standard InChI is InChI=1S/C12H10S/c1-8-9-4-2-3-5-11(9)12-10(8)6-7-13-12/h2-8H,1H3/t8-/m1/s1. The maximum atomic E-state index is 2.29. The van der Waals surface area contributed by atoms with Crippen molar-refractivity contribution < 1.29 is 0 Å². The summed E-state index contributed by atoms with van der Waals surface area (Å²) in [6, 6.07) is 11.0. The van der Waals surface area contributed by atoms with Crippen molar-refractivity contribution in [1.29, 1.82) is 0 Å². The van der Waals surface area contributed by atoms with Crippen LogP contribution in [0.5, 0.6) is 0 Å². The minimum atomic E-state index is 0.595. The van der Waals surface area contributed by atoms with E-state index < -0.39 is 0 Å². The molecule has 0 N–H and O–H groups in total. The van der Waals surface area contributed by atoms with Crippen LogP contribution in [0.1, 0.15) is 24.0 Å². The third kappa shape index (κ3) is 0.853. The third-order valence-electron chi connectivity index (χ3n) is 2.83. The fourth-order valence-electron chi connectivity index (χ4n) is 2.13. The van der Waals surface area contributed by atoms with Gasteiger partial charge in [-0.2, -0.15) is 0 Å². The predicted octanol–water partition coefficient (Wildman–Crippen LogP) is 3.88. The molecule has 1 aromatic heterocycles. The molecule has 0 radical (unpaired) electrons. The van der Waals surface area contributed by atoms with E-state index >= 15 is 0 Å². The Morgan fingerprint density at radius 1 is 1.08 bits per heavy atom. The van der Waals surface area contributed by atoms with Gasteiger partial charge in [-0.25, -0.2) is 0 Å². The van der Waals surface area contributed by atoms with Crippen molar-refractivity contribution in [3.8, 4) is 10.4 Å². The van der Waals surface area contributed by atoms with E-state index in [1.165, 1.54) is 21.6 Å². The van der Waals surface area contributed by atoms with Crippen molar-refractivity contribution in [2.24, 2.45) is 0 Å². The summed E-state index contributed by atoms with van der Waals surface area (Å²) in [5, 5.41) is 2.19. The second-order valence-corrected chi connectivity index (χ2v) is 4.43. The number of thiophene rings is 1. The predicted molar refractivity (Wildman–Crippen MR) is 57.3 cm³/mol. The largest absolute Gasteiger partial charge is 0.144 e. The summed E-state index contributed by atoms with van der Waals surface area (Å²) in [6.45, 7) is 2.29. The smallest absolute Gasteiger partial charge is 0.0383 e. The van der Waals surface area contributed by atoms with Gasteiger partial charge in [0.25, 0.3) is 0 Å². The maximum Gasteiger partial charge on any atom is 0.0383 e. The number of rotatable bonds is 0.